The Labute approximate surface area is 157 Å². The van der Waals surface area contributed by atoms with Gasteiger partial charge in [0.1, 0.15) is 5.82 Å². The lowest BCUT2D eigenvalue weighted by atomic mass is 10.0. The maximum atomic E-state index is 14.0. The predicted octanol–water partition coefficient (Wildman–Crippen LogP) is 4.40. The monoisotopic (exact) mass is 359 g/mol. The molecule has 27 heavy (non-hydrogen) atoms. The number of hydrogen-bond donors (Lipinski definition) is 1. The highest BCUT2D eigenvalue weighted by Crippen LogP contribution is 2.26. The number of nitriles is 1. The molecule has 4 nitrogen and oxygen atoms in total. The number of hydrogen-bond acceptors (Lipinski definition) is 2. The van der Waals surface area contributed by atoms with Gasteiger partial charge in [-0.15, -0.1) is 0 Å². The van der Waals surface area contributed by atoms with Gasteiger partial charge < -0.3 is 10.3 Å². The number of aryl methyl sites for hydroxylation is 1. The second-order valence-corrected chi connectivity index (χ2v) is 6.22. The smallest absolute Gasteiger partial charge is 0.248 e. The van der Waals surface area contributed by atoms with Gasteiger partial charge in [0.2, 0.25) is 5.91 Å². The molecule has 134 valence electrons. The summed E-state index contributed by atoms with van der Waals surface area (Å²) in [5, 5.41) is 9.50. The maximum absolute atomic E-state index is 14.0. The maximum Gasteiger partial charge on any atom is 0.248 e. The Bertz CT molecular complexity index is 1090. The summed E-state index contributed by atoms with van der Waals surface area (Å²) in [5.41, 5.74) is 9.82. The van der Waals surface area contributed by atoms with E-state index in [0.29, 0.717) is 5.56 Å². The summed E-state index contributed by atoms with van der Waals surface area (Å²) >= 11 is 0. The number of allylic oxidation sites excluding steroid dienone is 1. The van der Waals surface area contributed by atoms with E-state index in [0.717, 1.165) is 22.6 Å². The van der Waals surface area contributed by atoms with Crippen LogP contribution < -0.4 is 5.73 Å². The number of primary amides is 1. The summed E-state index contributed by atoms with van der Waals surface area (Å²) in [6.45, 7) is 3.87. The van der Waals surface area contributed by atoms with Crippen molar-refractivity contribution in [1.82, 2.24) is 4.57 Å². The minimum Gasteiger partial charge on any atom is -0.366 e. The number of benzene rings is 2. The summed E-state index contributed by atoms with van der Waals surface area (Å²) < 4.78 is 16.1. The highest BCUT2D eigenvalue weighted by molar-refractivity contribution is 5.93. The average molecular weight is 359 g/mol. The normalized spacial score (nSPS) is 11.3. The largest absolute Gasteiger partial charge is 0.366 e. The first-order valence-electron chi connectivity index (χ1n) is 8.38. The van der Waals surface area contributed by atoms with E-state index in [9.17, 15) is 14.4 Å². The van der Waals surface area contributed by atoms with Crippen LogP contribution >= 0.6 is 0 Å². The molecular weight excluding hydrogens is 341 g/mol. The van der Waals surface area contributed by atoms with Crippen molar-refractivity contribution >= 4 is 17.6 Å². The molecule has 0 saturated heterocycles. The first-order chi connectivity index (χ1) is 12.9. The molecule has 0 spiro atoms. The third kappa shape index (κ3) is 3.51. The molecule has 0 radical (unpaired) electrons. The second kappa shape index (κ2) is 7.30. The molecule has 5 heteroatoms. The molecule has 0 unspecified atom stereocenters. The molecule has 0 aliphatic carbocycles. The first-order valence-corrected chi connectivity index (χ1v) is 8.38. The lowest BCUT2D eigenvalue weighted by molar-refractivity contribution is 0.100. The Kier molecular flexibility index (Phi) is 4.91. The Morgan fingerprint density at radius 2 is 1.81 bits per heavy atom. The van der Waals surface area contributed by atoms with Crippen molar-refractivity contribution < 1.29 is 9.18 Å². The molecule has 2 aromatic carbocycles. The predicted molar refractivity (Wildman–Crippen MR) is 104 cm³/mol. The van der Waals surface area contributed by atoms with Crippen molar-refractivity contribution in [2.75, 3.05) is 0 Å². The van der Waals surface area contributed by atoms with Crippen LogP contribution in [0.3, 0.4) is 0 Å². The van der Waals surface area contributed by atoms with Crippen molar-refractivity contribution in [3.8, 4) is 11.8 Å². The second-order valence-electron chi connectivity index (χ2n) is 6.22. The van der Waals surface area contributed by atoms with Gasteiger partial charge in [0.25, 0.3) is 0 Å². The van der Waals surface area contributed by atoms with E-state index in [1.54, 1.807) is 36.4 Å². The zero-order valence-corrected chi connectivity index (χ0v) is 15.0. The van der Waals surface area contributed by atoms with Gasteiger partial charge >= 0.3 is 0 Å². The van der Waals surface area contributed by atoms with Crippen LogP contribution in [0.2, 0.25) is 0 Å². The van der Waals surface area contributed by atoms with Gasteiger partial charge in [-0.25, -0.2) is 4.39 Å². The fourth-order valence-corrected chi connectivity index (χ4v) is 3.11. The molecule has 0 saturated carbocycles. The molecule has 0 aliphatic rings. The van der Waals surface area contributed by atoms with Crippen LogP contribution in [0.4, 0.5) is 4.39 Å². The highest BCUT2D eigenvalue weighted by atomic mass is 19.1. The summed E-state index contributed by atoms with van der Waals surface area (Å²) in [7, 11) is 0. The van der Waals surface area contributed by atoms with Crippen molar-refractivity contribution in [2.24, 2.45) is 5.73 Å². The van der Waals surface area contributed by atoms with Crippen molar-refractivity contribution in [3.63, 3.8) is 0 Å². The van der Waals surface area contributed by atoms with Gasteiger partial charge in [0, 0.05) is 28.2 Å². The van der Waals surface area contributed by atoms with E-state index >= 15 is 0 Å². The minimum atomic E-state index is -0.477. The van der Waals surface area contributed by atoms with Crippen molar-refractivity contribution in [1.29, 1.82) is 5.26 Å². The molecule has 0 aliphatic heterocycles. The van der Waals surface area contributed by atoms with E-state index in [4.69, 9.17) is 5.73 Å². The molecule has 2 N–H and O–H groups in total. The van der Waals surface area contributed by atoms with Gasteiger partial charge in [-0.05, 0) is 61.9 Å². The van der Waals surface area contributed by atoms with Crippen LogP contribution in [0.1, 0.15) is 32.9 Å². The number of nitrogens with two attached hydrogens (primary N) is 1. The Hall–Kier alpha value is -3.65. The molecule has 1 heterocycles. The van der Waals surface area contributed by atoms with Gasteiger partial charge in [0.05, 0.1) is 11.6 Å². The van der Waals surface area contributed by atoms with Crippen molar-refractivity contribution in [2.45, 2.75) is 13.8 Å². The lowest BCUT2D eigenvalue weighted by Crippen LogP contribution is -2.10. The number of rotatable bonds is 4. The third-order valence-electron chi connectivity index (χ3n) is 4.46. The van der Waals surface area contributed by atoms with E-state index in [1.807, 2.05) is 36.6 Å². The number of carbonyl (C=O) groups is 1. The van der Waals surface area contributed by atoms with Crippen molar-refractivity contribution in [3.05, 3.63) is 88.5 Å². The van der Waals surface area contributed by atoms with Crippen LogP contribution in [0.25, 0.3) is 17.3 Å². The fourth-order valence-electron chi connectivity index (χ4n) is 3.11. The third-order valence-corrected chi connectivity index (χ3v) is 4.46. The topological polar surface area (TPSA) is 71.8 Å². The highest BCUT2D eigenvalue weighted by Gasteiger charge is 2.13. The van der Waals surface area contributed by atoms with E-state index in [2.05, 4.69) is 6.07 Å². The zero-order chi connectivity index (χ0) is 19.6. The number of amides is 1. The number of nitrogens with zero attached hydrogens (tertiary/aromatic N) is 2. The summed E-state index contributed by atoms with van der Waals surface area (Å²) in [6.07, 6.45) is 1.69. The number of halogens is 1. The average Bonchev–Trinajstić information content (AvgIpc) is 2.93. The van der Waals surface area contributed by atoms with Crippen LogP contribution in [0, 0.1) is 31.0 Å². The molecule has 3 rings (SSSR count). The molecule has 3 aromatic rings. The van der Waals surface area contributed by atoms with Crippen LogP contribution in [-0.4, -0.2) is 10.5 Å². The first kappa shape index (κ1) is 18.2. The number of carbonyl (C=O) groups excluding carboxylic acids is 1. The van der Waals surface area contributed by atoms with Crippen LogP contribution in [0.15, 0.2) is 54.6 Å². The van der Waals surface area contributed by atoms with Crippen LogP contribution in [-0.2, 0) is 0 Å². The molecular formula is C22H18FN3O. The SMILES string of the molecule is Cc1cc(C=C(C#N)c2ccccc2F)c(C)n1-c1ccc(C(N)=O)cc1. The minimum absolute atomic E-state index is 0.262. The molecule has 0 bridgehead atoms. The van der Waals surface area contributed by atoms with E-state index in [-0.39, 0.29) is 11.1 Å². The quantitative estimate of drug-likeness (QED) is 0.702. The molecule has 0 atom stereocenters. The lowest BCUT2D eigenvalue weighted by Gasteiger charge is -2.10. The van der Waals surface area contributed by atoms with E-state index in [1.165, 1.54) is 6.07 Å². The summed E-state index contributed by atoms with van der Waals surface area (Å²) in [6, 6.07) is 17.2. The molecule has 0 fully saturated rings. The van der Waals surface area contributed by atoms with E-state index < -0.39 is 11.7 Å². The van der Waals surface area contributed by atoms with Gasteiger partial charge in [-0.3, -0.25) is 4.79 Å². The van der Waals surface area contributed by atoms with Crippen LogP contribution in [0.5, 0.6) is 0 Å². The summed E-state index contributed by atoms with van der Waals surface area (Å²) in [4.78, 5) is 11.2. The number of aromatic nitrogens is 1. The van der Waals surface area contributed by atoms with Gasteiger partial charge in [-0.1, -0.05) is 18.2 Å². The molecule has 1 aromatic heterocycles. The van der Waals surface area contributed by atoms with Gasteiger partial charge in [-0.2, -0.15) is 5.26 Å². The van der Waals surface area contributed by atoms with Gasteiger partial charge in [0.15, 0.2) is 0 Å². The Morgan fingerprint density at radius 3 is 2.41 bits per heavy atom. The molecule has 1 amide bonds. The fraction of sp³-hybridized carbons (Fsp3) is 0.0909. The Morgan fingerprint density at radius 1 is 1.15 bits per heavy atom. The Balaban J connectivity index is 2.07. The zero-order valence-electron chi connectivity index (χ0n) is 15.0. The standard InChI is InChI=1S/C22H18FN3O/c1-14-11-17(12-18(13-24)20-5-3-4-6-21(20)23)15(2)26(14)19-9-7-16(8-10-19)22(25)27/h3-12H,1-2H3,(H2,25,27). The summed E-state index contributed by atoms with van der Waals surface area (Å²) in [5.74, 6) is -0.907.